The first kappa shape index (κ1) is 18.2. The second-order valence-corrected chi connectivity index (χ2v) is 6.63. The normalized spacial score (nSPS) is 16.5. The van der Waals surface area contributed by atoms with E-state index in [0.29, 0.717) is 6.42 Å². The van der Waals surface area contributed by atoms with Crippen LogP contribution in [0.15, 0.2) is 29.2 Å². The highest BCUT2D eigenvalue weighted by atomic mass is 32.2. The molecule has 0 saturated carbocycles. The monoisotopic (exact) mass is 321 g/mol. The van der Waals surface area contributed by atoms with Crippen LogP contribution >= 0.6 is 0 Å². The highest BCUT2D eigenvalue weighted by Gasteiger charge is 2.32. The summed E-state index contributed by atoms with van der Waals surface area (Å²) < 4.78 is 50.9. The highest BCUT2D eigenvalue weighted by molar-refractivity contribution is 7.85. The number of alkyl halides is 3. The molecule has 0 spiro atoms. The zero-order chi connectivity index (χ0) is 16.0. The first-order chi connectivity index (χ1) is 9.85. The third kappa shape index (κ3) is 4.81. The summed E-state index contributed by atoms with van der Waals surface area (Å²) in [6.07, 6.45) is -1.98. The standard InChI is InChI=1S/C15H22F3NOS/c1-4-7-13(19-3)14(5-2)21(20)12-9-6-8-11(10-12)15(16,17)18/h6,8-10,13-14,19H,4-5,7H2,1-3H3. The molecule has 120 valence electrons. The molecule has 0 radical (unpaired) electrons. The van der Waals surface area contributed by atoms with E-state index in [2.05, 4.69) is 5.32 Å². The fourth-order valence-corrected chi connectivity index (χ4v) is 4.06. The number of halogens is 3. The Bertz CT molecular complexity index is 476. The minimum absolute atomic E-state index is 0.0374. The van der Waals surface area contributed by atoms with Crippen LogP contribution in [-0.2, 0) is 17.0 Å². The van der Waals surface area contributed by atoms with Gasteiger partial charge in [-0.25, -0.2) is 0 Å². The van der Waals surface area contributed by atoms with Crippen molar-refractivity contribution >= 4 is 10.8 Å². The van der Waals surface area contributed by atoms with Crippen molar-refractivity contribution in [1.82, 2.24) is 5.32 Å². The lowest BCUT2D eigenvalue weighted by molar-refractivity contribution is -0.137. The predicted octanol–water partition coefficient (Wildman–Crippen LogP) is 3.98. The molecule has 0 aliphatic rings. The van der Waals surface area contributed by atoms with Gasteiger partial charge < -0.3 is 5.32 Å². The van der Waals surface area contributed by atoms with Gasteiger partial charge in [-0.2, -0.15) is 13.2 Å². The second-order valence-electron chi connectivity index (χ2n) is 4.95. The molecule has 1 aromatic rings. The SMILES string of the molecule is CCCC(NC)C(CC)S(=O)c1cccc(C(F)(F)F)c1. The van der Waals surface area contributed by atoms with Gasteiger partial charge in [0, 0.05) is 10.9 Å². The molecule has 0 bridgehead atoms. The van der Waals surface area contributed by atoms with Gasteiger partial charge in [0.1, 0.15) is 0 Å². The van der Waals surface area contributed by atoms with E-state index in [4.69, 9.17) is 0 Å². The maximum absolute atomic E-state index is 12.7. The van der Waals surface area contributed by atoms with E-state index in [1.807, 2.05) is 13.8 Å². The molecule has 1 rings (SSSR count). The number of benzene rings is 1. The average molecular weight is 321 g/mol. The maximum atomic E-state index is 12.7. The smallest absolute Gasteiger partial charge is 0.316 e. The number of nitrogens with one attached hydrogen (secondary N) is 1. The van der Waals surface area contributed by atoms with Crippen molar-refractivity contribution in [3.8, 4) is 0 Å². The largest absolute Gasteiger partial charge is 0.416 e. The van der Waals surface area contributed by atoms with Crippen LogP contribution < -0.4 is 5.32 Å². The molecule has 1 aromatic carbocycles. The summed E-state index contributed by atoms with van der Waals surface area (Å²) in [6.45, 7) is 3.94. The van der Waals surface area contributed by atoms with Crippen molar-refractivity contribution in [2.75, 3.05) is 7.05 Å². The summed E-state index contributed by atoms with van der Waals surface area (Å²) in [7, 11) is 0.338. The van der Waals surface area contributed by atoms with Gasteiger partial charge in [-0.15, -0.1) is 0 Å². The van der Waals surface area contributed by atoms with Gasteiger partial charge in [0.05, 0.1) is 21.6 Å². The molecule has 0 aromatic heterocycles. The molecule has 0 saturated heterocycles. The van der Waals surface area contributed by atoms with E-state index >= 15 is 0 Å². The Morgan fingerprint density at radius 2 is 1.95 bits per heavy atom. The Morgan fingerprint density at radius 1 is 1.29 bits per heavy atom. The molecule has 1 N–H and O–H groups in total. The molecular weight excluding hydrogens is 299 g/mol. The molecular formula is C15H22F3NOS. The van der Waals surface area contributed by atoms with Gasteiger partial charge in [-0.1, -0.05) is 26.3 Å². The maximum Gasteiger partial charge on any atom is 0.416 e. The number of rotatable bonds is 7. The minimum atomic E-state index is -4.41. The summed E-state index contributed by atoms with van der Waals surface area (Å²) in [5.74, 6) is 0. The van der Waals surface area contributed by atoms with Crippen LogP contribution in [0.1, 0.15) is 38.7 Å². The van der Waals surface area contributed by atoms with Crippen molar-refractivity contribution in [3.05, 3.63) is 29.8 Å². The van der Waals surface area contributed by atoms with Crippen LogP contribution in [0.2, 0.25) is 0 Å². The molecule has 0 aliphatic heterocycles. The second kappa shape index (κ2) is 7.94. The fraction of sp³-hybridized carbons (Fsp3) is 0.600. The Hall–Kier alpha value is -0.880. The molecule has 6 heteroatoms. The van der Waals surface area contributed by atoms with Crippen LogP contribution in [0.4, 0.5) is 13.2 Å². The lowest BCUT2D eigenvalue weighted by Gasteiger charge is -2.25. The van der Waals surface area contributed by atoms with Gasteiger partial charge in [0.25, 0.3) is 0 Å². The van der Waals surface area contributed by atoms with Crippen LogP contribution in [0.25, 0.3) is 0 Å². The predicted molar refractivity (Wildman–Crippen MR) is 79.7 cm³/mol. The topological polar surface area (TPSA) is 29.1 Å². The Labute approximate surface area is 126 Å². The molecule has 3 unspecified atom stereocenters. The molecule has 3 atom stereocenters. The summed E-state index contributed by atoms with van der Waals surface area (Å²) in [5, 5.41) is 2.94. The minimum Gasteiger partial charge on any atom is -0.316 e. The zero-order valence-corrected chi connectivity index (χ0v) is 13.4. The fourth-order valence-electron chi connectivity index (χ4n) is 2.38. The third-order valence-corrected chi connectivity index (χ3v) is 5.42. The summed E-state index contributed by atoms with van der Waals surface area (Å²) in [6, 6.07) is 4.86. The van der Waals surface area contributed by atoms with E-state index in [1.165, 1.54) is 12.1 Å². The summed E-state index contributed by atoms with van der Waals surface area (Å²) in [4.78, 5) is 0.244. The van der Waals surface area contributed by atoms with Gasteiger partial charge in [0.2, 0.25) is 0 Å². The van der Waals surface area contributed by atoms with Gasteiger partial charge in [-0.05, 0) is 38.1 Å². The van der Waals surface area contributed by atoms with E-state index in [1.54, 1.807) is 7.05 Å². The molecule has 2 nitrogen and oxygen atoms in total. The molecule has 0 aliphatic carbocycles. The van der Waals surface area contributed by atoms with Gasteiger partial charge in [-0.3, -0.25) is 4.21 Å². The lowest BCUT2D eigenvalue weighted by Crippen LogP contribution is -2.40. The average Bonchev–Trinajstić information content (AvgIpc) is 2.46. The van der Waals surface area contributed by atoms with E-state index < -0.39 is 22.5 Å². The molecule has 21 heavy (non-hydrogen) atoms. The first-order valence-corrected chi connectivity index (χ1v) is 8.31. The molecule has 0 amide bonds. The van der Waals surface area contributed by atoms with E-state index in [9.17, 15) is 17.4 Å². The molecule has 0 fully saturated rings. The van der Waals surface area contributed by atoms with Crippen LogP contribution in [-0.4, -0.2) is 22.5 Å². The van der Waals surface area contributed by atoms with Gasteiger partial charge >= 0.3 is 6.18 Å². The Balaban J connectivity index is 3.05. The quantitative estimate of drug-likeness (QED) is 0.823. The summed E-state index contributed by atoms with van der Waals surface area (Å²) >= 11 is 0. The first-order valence-electron chi connectivity index (χ1n) is 7.10. The number of hydrogen-bond donors (Lipinski definition) is 1. The van der Waals surface area contributed by atoms with Crippen LogP contribution in [0.3, 0.4) is 0 Å². The van der Waals surface area contributed by atoms with E-state index in [0.717, 1.165) is 25.0 Å². The Morgan fingerprint density at radius 3 is 2.43 bits per heavy atom. The van der Waals surface area contributed by atoms with E-state index in [-0.39, 0.29) is 16.2 Å². The van der Waals surface area contributed by atoms with Crippen LogP contribution in [0.5, 0.6) is 0 Å². The Kier molecular flexibility index (Phi) is 6.87. The van der Waals surface area contributed by atoms with Crippen molar-refractivity contribution in [2.24, 2.45) is 0 Å². The van der Waals surface area contributed by atoms with Crippen LogP contribution in [0, 0.1) is 0 Å². The summed E-state index contributed by atoms with van der Waals surface area (Å²) in [5.41, 5.74) is -0.750. The van der Waals surface area contributed by atoms with Crippen molar-refractivity contribution in [1.29, 1.82) is 0 Å². The molecule has 0 heterocycles. The lowest BCUT2D eigenvalue weighted by atomic mass is 10.1. The zero-order valence-electron chi connectivity index (χ0n) is 12.5. The highest BCUT2D eigenvalue weighted by Crippen LogP contribution is 2.31. The van der Waals surface area contributed by atoms with Crippen molar-refractivity contribution in [2.45, 2.75) is 55.5 Å². The third-order valence-electron chi connectivity index (χ3n) is 3.49. The van der Waals surface area contributed by atoms with Gasteiger partial charge in [0.15, 0.2) is 0 Å². The number of hydrogen-bond acceptors (Lipinski definition) is 2. The van der Waals surface area contributed by atoms with Crippen molar-refractivity contribution in [3.63, 3.8) is 0 Å². The van der Waals surface area contributed by atoms with Crippen molar-refractivity contribution < 1.29 is 17.4 Å².